The standard InChI is InChI=1S/C30H34N8O11S2/c1-30(2,28(46)47)49-34-20(16-13-51-29(31)32-16)23(41)33-21-25(43)37-22(27(44)45)14(12-50-26(21)37)11-38-6-3-4-15(38)9-35(5-7-38)24(42)17-8-18(39)19(40)10-36(17)48/h8,10,13,15,21,26,48H,3-7,9,11-12H2,1-2H3,(H5-,31,32,33,40,41,44,45,46,47)/p+1/t15-,21+,26+,38?/m0/s1. The molecule has 3 amide bonds. The van der Waals surface area contributed by atoms with Crippen molar-refractivity contribution in [1.82, 2.24) is 24.8 Å². The van der Waals surface area contributed by atoms with E-state index in [9.17, 15) is 49.3 Å². The number of pyridine rings is 1. The molecule has 3 fully saturated rings. The Labute approximate surface area is 297 Å². The van der Waals surface area contributed by atoms with Gasteiger partial charge in [0, 0.05) is 35.6 Å². The van der Waals surface area contributed by atoms with Crippen LogP contribution in [0.5, 0.6) is 5.75 Å². The van der Waals surface area contributed by atoms with E-state index in [2.05, 4.69) is 15.5 Å². The minimum absolute atomic E-state index is 0.00538. The number of aromatic hydroxyl groups is 1. The van der Waals surface area contributed by atoms with Crippen LogP contribution in [0.4, 0.5) is 5.13 Å². The fraction of sp³-hybridized carbons (Fsp3) is 0.467. The van der Waals surface area contributed by atoms with E-state index in [0.29, 0.717) is 27.9 Å². The Kier molecular flexibility index (Phi) is 9.23. The molecule has 0 radical (unpaired) electrons. The van der Waals surface area contributed by atoms with Gasteiger partial charge in [-0.15, -0.1) is 23.1 Å². The second-order valence-electron chi connectivity index (χ2n) is 13.2. The first-order chi connectivity index (χ1) is 24.0. The van der Waals surface area contributed by atoms with Crippen molar-refractivity contribution in [3.8, 4) is 5.75 Å². The Bertz CT molecular complexity index is 1960. The predicted molar refractivity (Wildman–Crippen MR) is 179 cm³/mol. The van der Waals surface area contributed by atoms with Crippen molar-refractivity contribution in [2.45, 2.75) is 49.7 Å². The fourth-order valence-electron chi connectivity index (χ4n) is 6.82. The van der Waals surface area contributed by atoms with Crippen LogP contribution in [0.25, 0.3) is 0 Å². The van der Waals surface area contributed by atoms with Gasteiger partial charge in [-0.2, -0.15) is 4.73 Å². The number of nitrogens with zero attached hydrogens (tertiary/aromatic N) is 6. The van der Waals surface area contributed by atoms with Gasteiger partial charge in [-0.3, -0.25) is 24.1 Å². The molecule has 4 atom stereocenters. The molecule has 4 aliphatic rings. The monoisotopic (exact) mass is 747 g/mol. The van der Waals surface area contributed by atoms with Gasteiger partial charge in [0.2, 0.25) is 11.0 Å². The summed E-state index contributed by atoms with van der Waals surface area (Å²) in [6.45, 7) is 4.51. The number of nitrogens with one attached hydrogen (secondary N) is 1. The van der Waals surface area contributed by atoms with Crippen molar-refractivity contribution in [3.63, 3.8) is 0 Å². The Morgan fingerprint density at radius 2 is 1.96 bits per heavy atom. The smallest absolute Gasteiger partial charge is 0.352 e. The molecule has 21 heteroatoms. The maximum atomic E-state index is 13.5. The van der Waals surface area contributed by atoms with Crippen molar-refractivity contribution in [2.24, 2.45) is 5.16 Å². The first-order valence-electron chi connectivity index (χ1n) is 15.7. The SMILES string of the molecule is CC(C)(ON=C(C(=O)N[C@@H]1C(=O)N2C(C(=O)O)=C(C[N+]34CCC[C@H]3CN(C(=O)c3cc(=O)c(O)cn3O)CC4)CS[C@H]12)c1csc(N)n1)C(=O)O. The van der Waals surface area contributed by atoms with E-state index < -0.39 is 63.6 Å². The molecular formula is C30H35N8O11S2+. The number of anilines is 1. The Hall–Kier alpha value is -5.15. The lowest BCUT2D eigenvalue weighted by atomic mass is 10.0. The van der Waals surface area contributed by atoms with Gasteiger partial charge in [0.25, 0.3) is 17.7 Å². The van der Waals surface area contributed by atoms with Gasteiger partial charge >= 0.3 is 11.9 Å². The Morgan fingerprint density at radius 1 is 1.22 bits per heavy atom. The molecule has 0 spiro atoms. The number of β-lactam (4-membered cyclic amide) rings is 1. The van der Waals surface area contributed by atoms with Gasteiger partial charge in [0.05, 0.1) is 32.4 Å². The van der Waals surface area contributed by atoms with Gasteiger partial charge < -0.3 is 45.8 Å². The van der Waals surface area contributed by atoms with Gasteiger partial charge in [-0.1, -0.05) is 5.16 Å². The maximum Gasteiger partial charge on any atom is 0.352 e. The summed E-state index contributed by atoms with van der Waals surface area (Å²) in [5.41, 5.74) is 2.79. The third-order valence-corrected chi connectivity index (χ3v) is 11.6. The van der Waals surface area contributed by atoms with Crippen LogP contribution in [0.2, 0.25) is 0 Å². The number of nitrogen functional groups attached to an aromatic ring is 1. The van der Waals surface area contributed by atoms with Crippen molar-refractivity contribution in [3.05, 3.63) is 50.5 Å². The molecule has 6 rings (SSSR count). The first kappa shape index (κ1) is 35.7. The van der Waals surface area contributed by atoms with Crippen molar-refractivity contribution < 1.29 is 53.8 Å². The lowest BCUT2D eigenvalue weighted by Gasteiger charge is -2.51. The molecule has 6 heterocycles. The van der Waals surface area contributed by atoms with Gasteiger partial charge in [0.1, 0.15) is 41.1 Å². The molecule has 0 saturated carbocycles. The molecule has 0 aromatic carbocycles. The number of fused-ring (bicyclic) bond motifs is 2. The zero-order chi connectivity index (χ0) is 37.0. The molecule has 4 aliphatic heterocycles. The highest BCUT2D eigenvalue weighted by atomic mass is 32.2. The molecule has 0 aliphatic carbocycles. The van der Waals surface area contributed by atoms with Crippen molar-refractivity contribution in [2.75, 3.05) is 44.2 Å². The molecule has 7 N–H and O–H groups in total. The molecular weight excluding hydrogens is 713 g/mol. The highest BCUT2D eigenvalue weighted by molar-refractivity contribution is 8.00. The summed E-state index contributed by atoms with van der Waals surface area (Å²) in [5.74, 6) is -5.22. The van der Waals surface area contributed by atoms with Gasteiger partial charge in [-0.25, -0.2) is 14.6 Å². The van der Waals surface area contributed by atoms with Crippen LogP contribution >= 0.6 is 23.1 Å². The lowest BCUT2D eigenvalue weighted by Crippen LogP contribution is -2.71. The number of oxime groups is 1. The molecule has 3 saturated heterocycles. The minimum Gasteiger partial charge on any atom is -0.503 e. The highest BCUT2D eigenvalue weighted by Crippen LogP contribution is 2.42. The lowest BCUT2D eigenvalue weighted by molar-refractivity contribution is -0.938. The fourth-order valence-corrected chi connectivity index (χ4v) is 8.71. The topological polar surface area (TPSA) is 267 Å². The number of piperazine rings is 1. The summed E-state index contributed by atoms with van der Waals surface area (Å²) in [6.07, 6.45) is 2.33. The van der Waals surface area contributed by atoms with Crippen molar-refractivity contribution in [1.29, 1.82) is 0 Å². The third-order valence-electron chi connectivity index (χ3n) is 9.58. The average Bonchev–Trinajstić information content (AvgIpc) is 3.70. The zero-order valence-corrected chi connectivity index (χ0v) is 29.0. The number of thiazole rings is 1. The summed E-state index contributed by atoms with van der Waals surface area (Å²) < 4.78 is 0.911. The minimum atomic E-state index is -1.80. The van der Waals surface area contributed by atoms with E-state index in [1.54, 1.807) is 0 Å². The number of carboxylic acids is 2. The van der Waals surface area contributed by atoms with E-state index in [0.717, 1.165) is 47.9 Å². The van der Waals surface area contributed by atoms with Crippen LogP contribution in [-0.2, 0) is 24.0 Å². The molecule has 2 aromatic heterocycles. The van der Waals surface area contributed by atoms with Gasteiger partial charge in [0.15, 0.2) is 16.6 Å². The molecule has 272 valence electrons. The molecule has 1 unspecified atom stereocenters. The number of nitrogens with two attached hydrogens (primary N) is 1. The number of aliphatic carboxylic acids is 2. The summed E-state index contributed by atoms with van der Waals surface area (Å²) in [4.78, 5) is 88.2. The number of thioether (sulfide) groups is 1. The van der Waals surface area contributed by atoms with E-state index in [4.69, 9.17) is 10.6 Å². The van der Waals surface area contributed by atoms with E-state index in [1.807, 2.05) is 0 Å². The number of hydrogen-bond acceptors (Lipinski definition) is 14. The summed E-state index contributed by atoms with van der Waals surface area (Å²) in [5, 5.41) is 46.6. The Balaban J connectivity index is 1.18. The van der Waals surface area contributed by atoms with Crippen molar-refractivity contribution >= 4 is 63.6 Å². The highest BCUT2D eigenvalue weighted by Gasteiger charge is 2.56. The summed E-state index contributed by atoms with van der Waals surface area (Å²) >= 11 is 2.29. The van der Waals surface area contributed by atoms with Crippen LogP contribution in [0, 0.1) is 0 Å². The van der Waals surface area contributed by atoms with Crippen LogP contribution in [0.1, 0.15) is 42.9 Å². The van der Waals surface area contributed by atoms with E-state index in [1.165, 1.54) is 35.9 Å². The number of carbonyl (C=O) groups is 5. The number of carbonyl (C=O) groups excluding carboxylic acids is 3. The number of aromatic nitrogens is 2. The van der Waals surface area contributed by atoms with Crippen LogP contribution < -0.4 is 16.5 Å². The molecule has 51 heavy (non-hydrogen) atoms. The molecule has 19 nitrogen and oxygen atoms in total. The quantitative estimate of drug-likeness (QED) is 0.0577. The molecule has 2 aromatic rings. The largest absolute Gasteiger partial charge is 0.503 e. The summed E-state index contributed by atoms with van der Waals surface area (Å²) in [6, 6.07) is -0.329. The van der Waals surface area contributed by atoms with Crippen LogP contribution in [0.3, 0.4) is 0 Å². The maximum absolute atomic E-state index is 13.5. The number of carboxylic acid groups (broad SMARTS) is 2. The average molecular weight is 748 g/mol. The van der Waals surface area contributed by atoms with Crippen LogP contribution in [-0.4, -0.2) is 141 Å². The molecule has 0 bridgehead atoms. The number of quaternary nitrogens is 1. The third kappa shape index (κ3) is 6.47. The summed E-state index contributed by atoms with van der Waals surface area (Å²) in [7, 11) is 0. The normalized spacial score (nSPS) is 24.8. The number of hydrogen-bond donors (Lipinski definition) is 6. The first-order valence-corrected chi connectivity index (χ1v) is 17.7. The number of amides is 3. The number of rotatable bonds is 10. The second-order valence-corrected chi connectivity index (χ2v) is 15.2. The zero-order valence-electron chi connectivity index (χ0n) is 27.3. The van der Waals surface area contributed by atoms with E-state index >= 15 is 0 Å². The van der Waals surface area contributed by atoms with Gasteiger partial charge in [-0.05, 0) is 13.8 Å². The predicted octanol–water partition coefficient (Wildman–Crippen LogP) is -0.712. The second kappa shape index (κ2) is 13.2. The van der Waals surface area contributed by atoms with Crippen LogP contribution in [0.15, 0.2) is 38.9 Å². The Morgan fingerprint density at radius 3 is 2.63 bits per heavy atom. The van der Waals surface area contributed by atoms with E-state index in [-0.39, 0.29) is 47.1 Å².